The number of hydrogen-bond donors (Lipinski definition) is 1. The van der Waals surface area contributed by atoms with Crippen LogP contribution in [0.3, 0.4) is 0 Å². The third-order valence-electron chi connectivity index (χ3n) is 4.50. The molecule has 0 aromatic carbocycles. The SMILES string of the molecule is C=CCOC(=O)N1[C@H](C(C)(C)C)N=C(OC)[C@@H]([C@H](O)C(C)(C)C)[C@@H]1C. The molecule has 0 aromatic heterocycles. The van der Waals surface area contributed by atoms with Crippen molar-refractivity contribution in [3.8, 4) is 0 Å². The number of hydrogen-bond acceptors (Lipinski definition) is 5. The topological polar surface area (TPSA) is 71.4 Å². The van der Waals surface area contributed by atoms with E-state index in [0.717, 1.165) is 0 Å². The van der Waals surface area contributed by atoms with Crippen LogP contribution in [0.5, 0.6) is 0 Å². The van der Waals surface area contributed by atoms with E-state index >= 15 is 0 Å². The fourth-order valence-corrected chi connectivity index (χ4v) is 3.08. The molecule has 1 heterocycles. The number of nitrogens with zero attached hydrogens (tertiary/aromatic N) is 2. The molecule has 0 aliphatic carbocycles. The molecule has 0 aromatic rings. The van der Waals surface area contributed by atoms with Crippen molar-refractivity contribution >= 4 is 12.0 Å². The van der Waals surface area contributed by atoms with Crippen LogP contribution < -0.4 is 0 Å². The molecule has 144 valence electrons. The van der Waals surface area contributed by atoms with E-state index in [1.165, 1.54) is 6.08 Å². The maximum Gasteiger partial charge on any atom is 0.412 e. The number of rotatable bonds is 3. The van der Waals surface area contributed by atoms with Crippen LogP contribution in [0.15, 0.2) is 17.6 Å². The zero-order valence-electron chi connectivity index (χ0n) is 16.9. The first kappa shape index (κ1) is 21.5. The number of ether oxygens (including phenoxy) is 2. The lowest BCUT2D eigenvalue weighted by atomic mass is 9.76. The minimum absolute atomic E-state index is 0.131. The highest BCUT2D eigenvalue weighted by molar-refractivity contribution is 5.83. The van der Waals surface area contributed by atoms with Crippen molar-refractivity contribution in [1.29, 1.82) is 0 Å². The Morgan fingerprint density at radius 3 is 2.32 bits per heavy atom. The number of aliphatic hydroxyl groups excluding tert-OH is 1. The van der Waals surface area contributed by atoms with Gasteiger partial charge in [-0.25, -0.2) is 9.79 Å². The summed E-state index contributed by atoms with van der Waals surface area (Å²) in [5.41, 5.74) is -0.702. The molecule has 6 heteroatoms. The Hall–Kier alpha value is -1.56. The Bertz CT molecular complexity index is 516. The van der Waals surface area contributed by atoms with Gasteiger partial charge in [-0.1, -0.05) is 54.2 Å². The monoisotopic (exact) mass is 354 g/mol. The Morgan fingerprint density at radius 1 is 1.36 bits per heavy atom. The molecular formula is C19H34N2O4. The first-order valence-electron chi connectivity index (χ1n) is 8.72. The van der Waals surface area contributed by atoms with Crippen LogP contribution in [0, 0.1) is 16.7 Å². The van der Waals surface area contributed by atoms with Gasteiger partial charge < -0.3 is 14.6 Å². The van der Waals surface area contributed by atoms with E-state index in [0.29, 0.717) is 5.90 Å². The van der Waals surface area contributed by atoms with Gasteiger partial charge in [-0.05, 0) is 12.3 Å². The molecule has 0 saturated carbocycles. The summed E-state index contributed by atoms with van der Waals surface area (Å²) in [5, 5.41) is 10.9. The molecule has 1 aliphatic rings. The van der Waals surface area contributed by atoms with Crippen LogP contribution in [0.4, 0.5) is 4.79 Å². The Kier molecular flexibility index (Phi) is 6.68. The van der Waals surface area contributed by atoms with Crippen LogP contribution in [-0.2, 0) is 9.47 Å². The van der Waals surface area contributed by atoms with Crippen molar-refractivity contribution in [2.45, 2.75) is 66.8 Å². The van der Waals surface area contributed by atoms with E-state index < -0.39 is 24.3 Å². The zero-order valence-corrected chi connectivity index (χ0v) is 16.9. The van der Waals surface area contributed by atoms with Gasteiger partial charge in [0.05, 0.1) is 19.1 Å². The number of amides is 1. The second-order valence-corrected chi connectivity index (χ2v) is 8.76. The van der Waals surface area contributed by atoms with Gasteiger partial charge in [0.25, 0.3) is 0 Å². The molecule has 0 bridgehead atoms. The average Bonchev–Trinajstić information content (AvgIpc) is 2.48. The van der Waals surface area contributed by atoms with Crippen molar-refractivity contribution in [3.63, 3.8) is 0 Å². The zero-order chi connectivity index (χ0) is 19.6. The summed E-state index contributed by atoms with van der Waals surface area (Å²) in [7, 11) is 1.55. The van der Waals surface area contributed by atoms with Crippen LogP contribution >= 0.6 is 0 Å². The van der Waals surface area contributed by atoms with Crippen LogP contribution in [0.1, 0.15) is 48.5 Å². The van der Waals surface area contributed by atoms with Gasteiger partial charge in [0.2, 0.25) is 0 Å². The van der Waals surface area contributed by atoms with Gasteiger partial charge >= 0.3 is 6.09 Å². The third-order valence-corrected chi connectivity index (χ3v) is 4.50. The maximum atomic E-state index is 12.7. The quantitative estimate of drug-likeness (QED) is 0.788. The van der Waals surface area contributed by atoms with E-state index in [9.17, 15) is 9.90 Å². The smallest absolute Gasteiger partial charge is 0.412 e. The Labute approximate surface area is 151 Å². The van der Waals surface area contributed by atoms with Crippen molar-refractivity contribution in [2.24, 2.45) is 21.7 Å². The summed E-state index contributed by atoms with van der Waals surface area (Å²) in [6.07, 6.45) is -0.100. The molecule has 1 amide bonds. The normalized spacial score (nSPS) is 25.9. The van der Waals surface area contributed by atoms with Crippen molar-refractivity contribution in [3.05, 3.63) is 12.7 Å². The van der Waals surface area contributed by atoms with Crippen molar-refractivity contribution in [2.75, 3.05) is 13.7 Å². The van der Waals surface area contributed by atoms with E-state index in [1.54, 1.807) is 12.0 Å². The van der Waals surface area contributed by atoms with Gasteiger partial charge in [-0.3, -0.25) is 4.90 Å². The highest BCUT2D eigenvalue weighted by atomic mass is 16.6. The molecule has 1 rings (SSSR count). The molecule has 1 aliphatic heterocycles. The van der Waals surface area contributed by atoms with Gasteiger partial charge in [0, 0.05) is 11.5 Å². The lowest BCUT2D eigenvalue weighted by molar-refractivity contribution is -0.0342. The second-order valence-electron chi connectivity index (χ2n) is 8.76. The molecule has 0 fully saturated rings. The van der Waals surface area contributed by atoms with Gasteiger partial charge in [0.15, 0.2) is 5.90 Å². The van der Waals surface area contributed by atoms with Crippen LogP contribution in [-0.4, -0.2) is 54.0 Å². The van der Waals surface area contributed by atoms with Gasteiger partial charge in [0.1, 0.15) is 12.8 Å². The van der Waals surface area contributed by atoms with Crippen LogP contribution in [0.25, 0.3) is 0 Å². The molecular weight excluding hydrogens is 320 g/mol. The molecule has 4 atom stereocenters. The Morgan fingerprint density at radius 2 is 1.92 bits per heavy atom. The summed E-state index contributed by atoms with van der Waals surface area (Å²) in [5.74, 6) is 0.0440. The fourth-order valence-electron chi connectivity index (χ4n) is 3.08. The largest absolute Gasteiger partial charge is 0.484 e. The molecule has 0 unspecified atom stereocenters. The molecule has 1 N–H and O–H groups in total. The molecule has 0 saturated heterocycles. The van der Waals surface area contributed by atoms with E-state index in [-0.39, 0.29) is 23.5 Å². The highest BCUT2D eigenvalue weighted by Gasteiger charge is 2.49. The minimum atomic E-state index is -0.725. The summed E-state index contributed by atoms with van der Waals surface area (Å²) in [6, 6.07) is -0.330. The summed E-state index contributed by atoms with van der Waals surface area (Å²) < 4.78 is 10.8. The van der Waals surface area contributed by atoms with Crippen molar-refractivity contribution < 1.29 is 19.4 Å². The van der Waals surface area contributed by atoms with Gasteiger partial charge in [-0.2, -0.15) is 0 Å². The molecule has 25 heavy (non-hydrogen) atoms. The predicted molar refractivity (Wildman–Crippen MR) is 99.5 cm³/mol. The summed E-state index contributed by atoms with van der Waals surface area (Å²) >= 11 is 0. The van der Waals surface area contributed by atoms with Gasteiger partial charge in [-0.15, -0.1) is 0 Å². The lowest BCUT2D eigenvalue weighted by Gasteiger charge is -2.48. The van der Waals surface area contributed by atoms with Crippen molar-refractivity contribution in [1.82, 2.24) is 4.90 Å². The third kappa shape index (κ3) is 4.75. The summed E-state index contributed by atoms with van der Waals surface area (Å²) in [4.78, 5) is 19.0. The molecule has 6 nitrogen and oxygen atoms in total. The average molecular weight is 354 g/mol. The fraction of sp³-hybridized carbons (Fsp3) is 0.789. The number of aliphatic hydroxyl groups is 1. The second kappa shape index (κ2) is 7.77. The number of carbonyl (C=O) groups excluding carboxylic acids is 1. The first-order valence-corrected chi connectivity index (χ1v) is 8.72. The molecule has 0 spiro atoms. The highest BCUT2D eigenvalue weighted by Crippen LogP contribution is 2.38. The number of methoxy groups -OCH3 is 1. The number of carbonyl (C=O) groups is 1. The predicted octanol–water partition coefficient (Wildman–Crippen LogP) is 3.45. The summed E-state index contributed by atoms with van der Waals surface area (Å²) in [6.45, 7) is 17.5. The van der Waals surface area contributed by atoms with E-state index in [2.05, 4.69) is 11.6 Å². The first-order chi connectivity index (χ1) is 11.4. The maximum absolute atomic E-state index is 12.7. The minimum Gasteiger partial charge on any atom is -0.484 e. The Balaban J connectivity index is 3.39. The molecule has 0 radical (unpaired) electrons. The lowest BCUT2D eigenvalue weighted by Crippen LogP contribution is -2.61. The van der Waals surface area contributed by atoms with E-state index in [4.69, 9.17) is 9.47 Å². The van der Waals surface area contributed by atoms with E-state index in [1.807, 2.05) is 48.5 Å². The standard InChI is InChI=1S/C19H34N2O4/c1-10-11-25-17(23)21-12(2)13(14(22)18(3,4)5)15(24-9)20-16(21)19(6,7)8/h10,12-14,16,22H,1,11H2,2-9H3/t12-,13+,14-,16+/m0/s1. The number of aliphatic imine (C=N–C) groups is 1. The van der Waals surface area contributed by atoms with Crippen LogP contribution in [0.2, 0.25) is 0 Å².